The number of hydrogen-bond acceptors (Lipinski definition) is 0. The Balaban J connectivity index is 3.45. The lowest BCUT2D eigenvalue weighted by Crippen LogP contribution is -1.95. The highest BCUT2D eigenvalue weighted by molar-refractivity contribution is 9.10. The molecule has 6 heavy (non-hydrogen) atoms. The number of halogens is 3. The van der Waals surface area contributed by atoms with Gasteiger partial charge in [-0.25, -0.2) is 0 Å². The summed E-state index contributed by atoms with van der Waals surface area (Å²) in [6.45, 7) is 4.38. The van der Waals surface area contributed by atoms with E-state index in [2.05, 4.69) is 6.58 Å². The van der Waals surface area contributed by atoms with Crippen LogP contribution in [0.2, 0.25) is 0 Å². The van der Waals surface area contributed by atoms with Crippen LogP contribution in [0.15, 0.2) is 6.08 Å². The van der Waals surface area contributed by atoms with Gasteiger partial charge in [-0.2, -0.15) is 8.78 Å². The molecule has 0 N–H and O–H groups in total. The molecule has 0 amide bonds. The van der Waals surface area contributed by atoms with Gasteiger partial charge < -0.3 is 0 Å². The molecule has 0 rings (SSSR count). The summed E-state index contributed by atoms with van der Waals surface area (Å²) in [5, 5.41) is 0. The SMILES string of the molecule is [CH]=CC(F)(F)Br. The summed E-state index contributed by atoms with van der Waals surface area (Å²) >= 11 is 1.96. The fourth-order valence-electron chi connectivity index (χ4n) is 0. The van der Waals surface area contributed by atoms with E-state index in [1.54, 1.807) is 0 Å². The van der Waals surface area contributed by atoms with Gasteiger partial charge in [0, 0.05) is 0 Å². The predicted octanol–water partition coefficient (Wildman–Crippen LogP) is 1.96. The van der Waals surface area contributed by atoms with Crippen molar-refractivity contribution in [1.82, 2.24) is 0 Å². The number of alkyl halides is 3. The summed E-state index contributed by atoms with van der Waals surface area (Å²) in [5.41, 5.74) is 0. The number of allylic oxidation sites excluding steroid dienone is 1. The van der Waals surface area contributed by atoms with Gasteiger partial charge in [0.05, 0.1) is 0 Å². The zero-order valence-corrected chi connectivity index (χ0v) is 4.37. The molecule has 0 aromatic rings. The van der Waals surface area contributed by atoms with Crippen molar-refractivity contribution in [3.63, 3.8) is 0 Å². The lowest BCUT2D eigenvalue weighted by Gasteiger charge is -1.94. The Hall–Kier alpha value is 0.0800. The molecule has 0 nitrogen and oxygen atoms in total. The Kier molecular flexibility index (Phi) is 1.71. The molecule has 0 aromatic carbocycles. The Morgan fingerprint density at radius 2 is 1.83 bits per heavy atom. The van der Waals surface area contributed by atoms with Crippen molar-refractivity contribution in [2.45, 2.75) is 4.83 Å². The normalized spacial score (nSPS) is 11.2. The minimum atomic E-state index is -2.99. The van der Waals surface area contributed by atoms with E-state index in [9.17, 15) is 8.78 Å². The minimum absolute atomic E-state index is 0.271. The number of hydrogen-bond donors (Lipinski definition) is 0. The average molecular weight is 156 g/mol. The molecule has 0 fully saturated rings. The molecule has 0 atom stereocenters. The topological polar surface area (TPSA) is 0 Å². The Labute approximate surface area is 43.0 Å². The molecular formula is C3H2BrF2. The molecule has 0 aliphatic carbocycles. The highest BCUT2D eigenvalue weighted by atomic mass is 79.9. The first-order valence-electron chi connectivity index (χ1n) is 1.19. The molecule has 0 saturated heterocycles. The summed E-state index contributed by atoms with van der Waals surface area (Å²) < 4.78 is 22.4. The van der Waals surface area contributed by atoms with Gasteiger partial charge in [0.2, 0.25) is 0 Å². The van der Waals surface area contributed by atoms with E-state index in [0.717, 1.165) is 0 Å². The molecule has 0 saturated carbocycles. The Bertz CT molecular complexity index is 54.3. The lowest BCUT2D eigenvalue weighted by molar-refractivity contribution is 0.171. The second-order valence-electron chi connectivity index (χ2n) is 0.708. The van der Waals surface area contributed by atoms with Crippen LogP contribution in [0.4, 0.5) is 8.78 Å². The first-order chi connectivity index (χ1) is 2.56. The summed E-state index contributed by atoms with van der Waals surface area (Å²) in [7, 11) is 0. The summed E-state index contributed by atoms with van der Waals surface area (Å²) in [6, 6.07) is 0. The van der Waals surface area contributed by atoms with Gasteiger partial charge in [-0.05, 0) is 22.0 Å². The lowest BCUT2D eigenvalue weighted by atomic mass is 10.7. The predicted molar refractivity (Wildman–Crippen MR) is 22.7 cm³/mol. The molecule has 0 spiro atoms. The first kappa shape index (κ1) is 6.08. The van der Waals surface area contributed by atoms with Gasteiger partial charge in [0.15, 0.2) is 0 Å². The van der Waals surface area contributed by atoms with Crippen molar-refractivity contribution >= 4 is 15.9 Å². The third-order valence-corrected chi connectivity index (χ3v) is 0.453. The second kappa shape index (κ2) is 1.69. The van der Waals surface area contributed by atoms with E-state index in [-0.39, 0.29) is 6.08 Å². The molecule has 0 unspecified atom stereocenters. The van der Waals surface area contributed by atoms with Crippen LogP contribution < -0.4 is 0 Å². The van der Waals surface area contributed by atoms with Gasteiger partial charge in [0.1, 0.15) is 0 Å². The van der Waals surface area contributed by atoms with Gasteiger partial charge >= 0.3 is 4.83 Å². The van der Waals surface area contributed by atoms with E-state index < -0.39 is 4.83 Å². The average Bonchev–Trinajstić information content (AvgIpc) is 1.35. The molecular weight excluding hydrogens is 154 g/mol. The molecule has 1 radical (unpaired) electrons. The maximum absolute atomic E-state index is 11.2. The van der Waals surface area contributed by atoms with Crippen LogP contribution in [0.5, 0.6) is 0 Å². The monoisotopic (exact) mass is 155 g/mol. The van der Waals surface area contributed by atoms with E-state index in [1.165, 1.54) is 0 Å². The third-order valence-electron chi connectivity index (χ3n) is 0.189. The van der Waals surface area contributed by atoms with E-state index >= 15 is 0 Å². The maximum atomic E-state index is 11.2. The molecule has 0 aromatic heterocycles. The van der Waals surface area contributed by atoms with Crippen molar-refractivity contribution < 1.29 is 8.78 Å². The van der Waals surface area contributed by atoms with Crippen LogP contribution in [0.3, 0.4) is 0 Å². The largest absolute Gasteiger partial charge is 0.320 e. The molecule has 0 bridgehead atoms. The zero-order valence-electron chi connectivity index (χ0n) is 2.79. The van der Waals surface area contributed by atoms with Crippen LogP contribution in [0.1, 0.15) is 0 Å². The van der Waals surface area contributed by atoms with Crippen molar-refractivity contribution in [3.05, 3.63) is 12.7 Å². The van der Waals surface area contributed by atoms with E-state index in [0.29, 0.717) is 0 Å². The molecule has 35 valence electrons. The van der Waals surface area contributed by atoms with Crippen molar-refractivity contribution in [3.8, 4) is 0 Å². The molecule has 3 heteroatoms. The van der Waals surface area contributed by atoms with Crippen LogP contribution in [-0.2, 0) is 0 Å². The van der Waals surface area contributed by atoms with Crippen molar-refractivity contribution in [2.75, 3.05) is 0 Å². The van der Waals surface area contributed by atoms with E-state index in [1.807, 2.05) is 15.9 Å². The minimum Gasteiger partial charge on any atom is -0.189 e. The fourth-order valence-corrected chi connectivity index (χ4v) is 0. The van der Waals surface area contributed by atoms with Gasteiger partial charge in [-0.3, -0.25) is 0 Å². The smallest absolute Gasteiger partial charge is 0.189 e. The Morgan fingerprint density at radius 3 is 1.83 bits per heavy atom. The highest BCUT2D eigenvalue weighted by Crippen LogP contribution is 2.21. The second-order valence-corrected chi connectivity index (χ2v) is 1.77. The quantitative estimate of drug-likeness (QED) is 0.509. The summed E-state index contributed by atoms with van der Waals surface area (Å²) in [5.74, 6) is 0. The van der Waals surface area contributed by atoms with Gasteiger partial charge in [-0.15, -0.1) is 0 Å². The van der Waals surface area contributed by atoms with Gasteiger partial charge in [0.25, 0.3) is 0 Å². The molecule has 0 aliphatic heterocycles. The maximum Gasteiger partial charge on any atom is 0.320 e. The summed E-state index contributed by atoms with van der Waals surface area (Å²) in [6.07, 6.45) is 0.271. The Morgan fingerprint density at radius 1 is 1.67 bits per heavy atom. The molecule has 0 heterocycles. The summed E-state index contributed by atoms with van der Waals surface area (Å²) in [4.78, 5) is -2.99. The number of rotatable bonds is 1. The standard InChI is InChI=1S/C3H2BrF2/c1-2-3(4,5)6/h1-2H. The van der Waals surface area contributed by atoms with Crippen LogP contribution in [0.25, 0.3) is 0 Å². The van der Waals surface area contributed by atoms with Crippen molar-refractivity contribution in [1.29, 1.82) is 0 Å². The fraction of sp³-hybridized carbons (Fsp3) is 0.333. The van der Waals surface area contributed by atoms with Crippen LogP contribution in [-0.4, -0.2) is 4.83 Å². The zero-order chi connectivity index (χ0) is 5.21. The van der Waals surface area contributed by atoms with E-state index in [4.69, 9.17) is 0 Å². The first-order valence-corrected chi connectivity index (χ1v) is 1.98. The van der Waals surface area contributed by atoms with Gasteiger partial charge in [-0.1, -0.05) is 6.58 Å². The van der Waals surface area contributed by atoms with Crippen LogP contribution >= 0.6 is 15.9 Å². The van der Waals surface area contributed by atoms with Crippen LogP contribution in [0, 0.1) is 6.58 Å². The van der Waals surface area contributed by atoms with Crippen molar-refractivity contribution in [2.24, 2.45) is 0 Å². The highest BCUT2D eigenvalue weighted by Gasteiger charge is 2.16. The third kappa shape index (κ3) is 4.08. The molecule has 0 aliphatic rings.